The SMILES string of the molecule is CCC(/C=C/C(N)=O)=C\c1ccc(OC)cc1. The summed E-state index contributed by atoms with van der Waals surface area (Å²) < 4.78 is 5.08. The van der Waals surface area contributed by atoms with Crippen LogP contribution in [-0.2, 0) is 4.79 Å². The molecule has 0 aliphatic carbocycles. The van der Waals surface area contributed by atoms with Gasteiger partial charge in [0.25, 0.3) is 0 Å². The van der Waals surface area contributed by atoms with Gasteiger partial charge in [0.1, 0.15) is 5.75 Å². The van der Waals surface area contributed by atoms with Crippen molar-refractivity contribution in [1.29, 1.82) is 0 Å². The van der Waals surface area contributed by atoms with E-state index in [0.717, 1.165) is 23.3 Å². The second-order valence-electron chi connectivity index (χ2n) is 3.58. The highest BCUT2D eigenvalue weighted by atomic mass is 16.5. The first-order valence-electron chi connectivity index (χ1n) is 5.48. The molecule has 0 fully saturated rings. The molecule has 0 aromatic heterocycles. The summed E-state index contributed by atoms with van der Waals surface area (Å²) in [6.07, 6.45) is 5.97. The molecule has 2 N–H and O–H groups in total. The molecule has 3 nitrogen and oxygen atoms in total. The van der Waals surface area contributed by atoms with Gasteiger partial charge >= 0.3 is 0 Å². The minimum absolute atomic E-state index is 0.431. The highest BCUT2D eigenvalue weighted by Gasteiger charge is 1.94. The van der Waals surface area contributed by atoms with Gasteiger partial charge in [0.2, 0.25) is 5.91 Å². The maximum absolute atomic E-state index is 10.6. The van der Waals surface area contributed by atoms with Gasteiger partial charge in [0.05, 0.1) is 7.11 Å². The second kappa shape index (κ2) is 6.53. The van der Waals surface area contributed by atoms with E-state index >= 15 is 0 Å². The predicted octanol–water partition coefficient (Wildman–Crippen LogP) is 2.53. The van der Waals surface area contributed by atoms with Crippen molar-refractivity contribution in [2.45, 2.75) is 13.3 Å². The van der Waals surface area contributed by atoms with E-state index in [2.05, 4.69) is 0 Å². The van der Waals surface area contributed by atoms with Crippen LogP contribution in [0.3, 0.4) is 0 Å². The van der Waals surface area contributed by atoms with Gasteiger partial charge in [-0.1, -0.05) is 31.2 Å². The molecule has 1 rings (SSSR count). The molecule has 0 spiro atoms. The van der Waals surface area contributed by atoms with Crippen LogP contribution < -0.4 is 10.5 Å². The normalized spacial score (nSPS) is 11.8. The number of carbonyl (C=O) groups is 1. The topological polar surface area (TPSA) is 52.3 Å². The maximum atomic E-state index is 10.6. The monoisotopic (exact) mass is 231 g/mol. The molecule has 1 aromatic carbocycles. The number of ether oxygens (including phenoxy) is 1. The summed E-state index contributed by atoms with van der Waals surface area (Å²) in [6, 6.07) is 7.73. The number of primary amides is 1. The zero-order valence-electron chi connectivity index (χ0n) is 10.1. The highest BCUT2D eigenvalue weighted by Crippen LogP contribution is 2.15. The number of hydrogen-bond acceptors (Lipinski definition) is 2. The van der Waals surface area contributed by atoms with Crippen LogP contribution in [0.4, 0.5) is 0 Å². The molecule has 17 heavy (non-hydrogen) atoms. The molecule has 0 saturated carbocycles. The van der Waals surface area contributed by atoms with Gasteiger partial charge in [-0.05, 0) is 29.7 Å². The number of rotatable bonds is 5. The summed E-state index contributed by atoms with van der Waals surface area (Å²) in [5, 5.41) is 0. The third-order valence-electron chi connectivity index (χ3n) is 2.34. The Hall–Kier alpha value is -2.03. The number of allylic oxidation sites excluding steroid dienone is 2. The Kier molecular flexibility index (Phi) is 5.01. The van der Waals surface area contributed by atoms with Gasteiger partial charge < -0.3 is 10.5 Å². The summed E-state index contributed by atoms with van der Waals surface area (Å²) in [5.74, 6) is 0.395. The van der Waals surface area contributed by atoms with E-state index in [-0.39, 0.29) is 0 Å². The van der Waals surface area contributed by atoms with Gasteiger partial charge in [-0.25, -0.2) is 0 Å². The summed E-state index contributed by atoms with van der Waals surface area (Å²) in [5.41, 5.74) is 7.17. The third kappa shape index (κ3) is 4.55. The first-order valence-corrected chi connectivity index (χ1v) is 5.48. The average molecular weight is 231 g/mol. The first kappa shape index (κ1) is 13.0. The Morgan fingerprint density at radius 2 is 1.94 bits per heavy atom. The lowest BCUT2D eigenvalue weighted by atomic mass is 10.1. The molecular weight excluding hydrogens is 214 g/mol. The maximum Gasteiger partial charge on any atom is 0.241 e. The van der Waals surface area contributed by atoms with E-state index < -0.39 is 5.91 Å². The van der Waals surface area contributed by atoms with Crippen molar-refractivity contribution in [1.82, 2.24) is 0 Å². The van der Waals surface area contributed by atoms with E-state index in [1.807, 2.05) is 37.3 Å². The van der Waals surface area contributed by atoms with Crippen LogP contribution in [0.15, 0.2) is 42.0 Å². The van der Waals surface area contributed by atoms with Crippen LogP contribution >= 0.6 is 0 Å². The zero-order valence-corrected chi connectivity index (χ0v) is 10.1. The van der Waals surface area contributed by atoms with E-state index in [9.17, 15) is 4.79 Å². The van der Waals surface area contributed by atoms with Crippen LogP contribution in [0.2, 0.25) is 0 Å². The molecule has 0 radical (unpaired) electrons. The Bertz CT molecular complexity index is 430. The Balaban J connectivity index is 2.86. The van der Waals surface area contributed by atoms with Crippen LogP contribution in [0.25, 0.3) is 6.08 Å². The quantitative estimate of drug-likeness (QED) is 0.625. The second-order valence-corrected chi connectivity index (χ2v) is 3.58. The van der Waals surface area contributed by atoms with Gasteiger partial charge in [0.15, 0.2) is 0 Å². The molecule has 1 aromatic rings. The molecule has 0 unspecified atom stereocenters. The van der Waals surface area contributed by atoms with Crippen molar-refractivity contribution in [2.24, 2.45) is 5.73 Å². The zero-order chi connectivity index (χ0) is 12.7. The predicted molar refractivity (Wildman–Crippen MR) is 69.6 cm³/mol. The van der Waals surface area contributed by atoms with E-state index in [0.29, 0.717) is 0 Å². The Labute approximate surface area is 102 Å². The number of hydrogen-bond donors (Lipinski definition) is 1. The van der Waals surface area contributed by atoms with Crippen molar-refractivity contribution in [3.8, 4) is 5.75 Å². The lowest BCUT2D eigenvalue weighted by Gasteiger charge is -2.01. The number of methoxy groups -OCH3 is 1. The molecule has 0 aliphatic rings. The van der Waals surface area contributed by atoms with Gasteiger partial charge in [-0.15, -0.1) is 0 Å². The molecular formula is C14H17NO2. The summed E-state index contributed by atoms with van der Waals surface area (Å²) in [6.45, 7) is 2.03. The Morgan fingerprint density at radius 1 is 1.29 bits per heavy atom. The lowest BCUT2D eigenvalue weighted by molar-refractivity contribution is -0.113. The fourth-order valence-electron chi connectivity index (χ4n) is 1.37. The molecule has 0 saturated heterocycles. The molecule has 0 aliphatic heterocycles. The van der Waals surface area contributed by atoms with Gasteiger partial charge in [0, 0.05) is 6.08 Å². The van der Waals surface area contributed by atoms with Crippen molar-refractivity contribution in [3.05, 3.63) is 47.6 Å². The van der Waals surface area contributed by atoms with Crippen molar-refractivity contribution in [2.75, 3.05) is 7.11 Å². The standard InChI is InChI=1S/C14H17NO2/c1-3-11(6-9-14(15)16)10-12-4-7-13(17-2)8-5-12/h4-10H,3H2,1-2H3,(H2,15,16)/b9-6+,11-10+. The number of amides is 1. The van der Waals surface area contributed by atoms with Crippen LogP contribution in [0.1, 0.15) is 18.9 Å². The average Bonchev–Trinajstić information content (AvgIpc) is 2.35. The largest absolute Gasteiger partial charge is 0.497 e. The van der Waals surface area contributed by atoms with E-state index in [1.165, 1.54) is 6.08 Å². The van der Waals surface area contributed by atoms with Crippen LogP contribution in [0, 0.1) is 0 Å². The lowest BCUT2D eigenvalue weighted by Crippen LogP contribution is -2.05. The summed E-state index contributed by atoms with van der Waals surface area (Å²) in [7, 11) is 1.64. The summed E-state index contributed by atoms with van der Waals surface area (Å²) in [4.78, 5) is 10.6. The van der Waals surface area contributed by atoms with Gasteiger partial charge in [-0.3, -0.25) is 4.79 Å². The molecule has 90 valence electrons. The van der Waals surface area contributed by atoms with Crippen LogP contribution in [-0.4, -0.2) is 13.0 Å². The molecule has 0 bridgehead atoms. The number of benzene rings is 1. The first-order chi connectivity index (χ1) is 8.15. The minimum atomic E-state index is -0.431. The molecule has 1 amide bonds. The fraction of sp³-hybridized carbons (Fsp3) is 0.214. The third-order valence-corrected chi connectivity index (χ3v) is 2.34. The van der Waals surface area contributed by atoms with E-state index in [4.69, 9.17) is 10.5 Å². The van der Waals surface area contributed by atoms with Gasteiger partial charge in [-0.2, -0.15) is 0 Å². The molecule has 0 heterocycles. The van der Waals surface area contributed by atoms with Crippen LogP contribution in [0.5, 0.6) is 5.75 Å². The number of carbonyl (C=O) groups excluding carboxylic acids is 1. The molecule has 0 atom stereocenters. The highest BCUT2D eigenvalue weighted by molar-refractivity contribution is 5.86. The summed E-state index contributed by atoms with van der Waals surface area (Å²) >= 11 is 0. The van der Waals surface area contributed by atoms with Crippen molar-refractivity contribution < 1.29 is 9.53 Å². The fourth-order valence-corrected chi connectivity index (χ4v) is 1.37. The smallest absolute Gasteiger partial charge is 0.241 e. The van der Waals surface area contributed by atoms with E-state index in [1.54, 1.807) is 13.2 Å². The number of nitrogens with two attached hydrogens (primary N) is 1. The minimum Gasteiger partial charge on any atom is -0.497 e. The van der Waals surface area contributed by atoms with Crippen molar-refractivity contribution in [3.63, 3.8) is 0 Å². The Morgan fingerprint density at radius 3 is 2.41 bits per heavy atom. The van der Waals surface area contributed by atoms with Crippen molar-refractivity contribution >= 4 is 12.0 Å². The molecule has 3 heteroatoms.